The van der Waals surface area contributed by atoms with Crippen molar-refractivity contribution in [1.82, 2.24) is 5.32 Å². The van der Waals surface area contributed by atoms with Crippen molar-refractivity contribution in [3.8, 4) is 0 Å². The number of carbonyl (C=O) groups is 1. The number of benzene rings is 3. The third-order valence-corrected chi connectivity index (χ3v) is 6.09. The lowest BCUT2D eigenvalue weighted by Crippen LogP contribution is -2.29. The quantitative estimate of drug-likeness (QED) is 0.584. The normalized spacial score (nSPS) is 12.3. The number of aryl methyl sites for hydroxylation is 1. The Morgan fingerprint density at radius 3 is 2.26 bits per heavy atom. The molecular weight excluding hydrogens is 415 g/mol. The van der Waals surface area contributed by atoms with Gasteiger partial charge in [0, 0.05) is 5.56 Å². The van der Waals surface area contributed by atoms with Gasteiger partial charge in [0.25, 0.3) is 5.91 Å². The van der Waals surface area contributed by atoms with E-state index in [0.29, 0.717) is 11.3 Å². The Labute approximate surface area is 182 Å². The molecule has 0 saturated heterocycles. The van der Waals surface area contributed by atoms with Gasteiger partial charge in [0.15, 0.2) is 0 Å². The van der Waals surface area contributed by atoms with E-state index in [4.69, 9.17) is 0 Å². The molecule has 1 atom stereocenters. The van der Waals surface area contributed by atoms with Crippen molar-refractivity contribution in [2.75, 3.05) is 10.6 Å². The summed E-state index contributed by atoms with van der Waals surface area (Å²) in [6.07, 6.45) is 1.17. The van der Waals surface area contributed by atoms with Gasteiger partial charge in [-0.25, -0.2) is 12.8 Å². The molecule has 0 aromatic heterocycles. The van der Waals surface area contributed by atoms with Gasteiger partial charge in [0.05, 0.1) is 24.5 Å². The summed E-state index contributed by atoms with van der Waals surface area (Å²) in [4.78, 5) is 12.6. The number of hydrogen-bond donors (Lipinski definition) is 1. The van der Waals surface area contributed by atoms with Crippen LogP contribution in [0.25, 0.3) is 0 Å². The lowest BCUT2D eigenvalue weighted by atomic mass is 10.1. The van der Waals surface area contributed by atoms with Crippen LogP contribution in [0.2, 0.25) is 0 Å². The molecule has 0 aliphatic rings. The Balaban J connectivity index is 1.72. The highest BCUT2D eigenvalue weighted by atomic mass is 32.2. The third-order valence-electron chi connectivity index (χ3n) is 4.95. The number of hydrogen-bond acceptors (Lipinski definition) is 3. The molecule has 0 heterocycles. The van der Waals surface area contributed by atoms with Crippen LogP contribution in [0.15, 0.2) is 72.8 Å². The first-order valence-electron chi connectivity index (χ1n) is 9.83. The van der Waals surface area contributed by atoms with E-state index < -0.39 is 10.0 Å². The van der Waals surface area contributed by atoms with Crippen LogP contribution in [0.4, 0.5) is 10.1 Å². The molecule has 0 saturated carbocycles. The molecule has 0 fully saturated rings. The molecule has 3 rings (SSSR count). The Morgan fingerprint density at radius 1 is 1.03 bits per heavy atom. The first-order chi connectivity index (χ1) is 14.6. The molecule has 0 bridgehead atoms. The maximum Gasteiger partial charge on any atom is 0.251 e. The molecule has 1 amide bonds. The van der Waals surface area contributed by atoms with E-state index in [0.717, 1.165) is 16.7 Å². The van der Waals surface area contributed by atoms with Crippen molar-refractivity contribution in [3.63, 3.8) is 0 Å². The van der Waals surface area contributed by atoms with E-state index in [-0.39, 0.29) is 24.3 Å². The summed E-state index contributed by atoms with van der Waals surface area (Å²) in [6.45, 7) is 3.89. The van der Waals surface area contributed by atoms with Crippen molar-refractivity contribution in [3.05, 3.63) is 101 Å². The number of sulfonamides is 1. The lowest BCUT2D eigenvalue weighted by molar-refractivity contribution is 0.0940. The largest absolute Gasteiger partial charge is 0.346 e. The van der Waals surface area contributed by atoms with Gasteiger partial charge in [-0.2, -0.15) is 0 Å². The van der Waals surface area contributed by atoms with E-state index in [1.54, 1.807) is 42.5 Å². The standard InChI is InChI=1S/C24H25FN2O3S/c1-17-5-4-6-23(15-17)27(31(3,29)30)16-19-7-9-21(10-8-19)24(28)26-18(2)20-11-13-22(25)14-12-20/h4-15,18H,16H2,1-3H3,(H,26,28). The summed E-state index contributed by atoms with van der Waals surface area (Å²) in [7, 11) is -3.48. The molecule has 3 aromatic carbocycles. The van der Waals surface area contributed by atoms with Crippen molar-refractivity contribution >= 4 is 21.6 Å². The Kier molecular flexibility index (Phi) is 6.75. The van der Waals surface area contributed by atoms with E-state index in [2.05, 4.69) is 5.32 Å². The lowest BCUT2D eigenvalue weighted by Gasteiger charge is -2.23. The molecule has 7 heteroatoms. The number of amides is 1. The minimum Gasteiger partial charge on any atom is -0.346 e. The number of halogens is 1. The summed E-state index contributed by atoms with van der Waals surface area (Å²) in [5.74, 6) is -0.589. The van der Waals surface area contributed by atoms with E-state index in [1.165, 1.54) is 22.7 Å². The van der Waals surface area contributed by atoms with Crippen LogP contribution < -0.4 is 9.62 Å². The number of anilines is 1. The minimum atomic E-state index is -3.48. The van der Waals surface area contributed by atoms with Crippen LogP contribution in [-0.4, -0.2) is 20.6 Å². The van der Waals surface area contributed by atoms with Gasteiger partial charge in [-0.15, -0.1) is 0 Å². The molecule has 0 spiro atoms. The van der Waals surface area contributed by atoms with Crippen LogP contribution in [0.1, 0.15) is 40.0 Å². The smallest absolute Gasteiger partial charge is 0.251 e. The second-order valence-electron chi connectivity index (χ2n) is 7.55. The summed E-state index contributed by atoms with van der Waals surface area (Å²) in [6, 6.07) is 19.8. The van der Waals surface area contributed by atoms with Crippen molar-refractivity contribution in [1.29, 1.82) is 0 Å². The molecule has 162 valence electrons. The maximum absolute atomic E-state index is 13.1. The molecule has 31 heavy (non-hydrogen) atoms. The first kappa shape index (κ1) is 22.5. The van der Waals surface area contributed by atoms with Gasteiger partial charge < -0.3 is 5.32 Å². The first-order valence-corrected chi connectivity index (χ1v) is 11.7. The van der Waals surface area contributed by atoms with Crippen molar-refractivity contribution in [2.45, 2.75) is 26.4 Å². The van der Waals surface area contributed by atoms with Crippen LogP contribution in [0.3, 0.4) is 0 Å². The Bertz CT molecular complexity index is 1160. The van der Waals surface area contributed by atoms with Crippen LogP contribution in [0, 0.1) is 12.7 Å². The predicted molar refractivity (Wildman–Crippen MR) is 121 cm³/mol. The summed E-state index contributed by atoms with van der Waals surface area (Å²) < 4.78 is 39.1. The topological polar surface area (TPSA) is 66.5 Å². The zero-order chi connectivity index (χ0) is 22.6. The Hall–Kier alpha value is -3.19. The predicted octanol–water partition coefficient (Wildman–Crippen LogP) is 4.59. The van der Waals surface area contributed by atoms with Gasteiger partial charge in [-0.3, -0.25) is 9.10 Å². The molecule has 0 radical (unpaired) electrons. The fourth-order valence-corrected chi connectivity index (χ4v) is 4.11. The van der Waals surface area contributed by atoms with Crippen LogP contribution in [0.5, 0.6) is 0 Å². The maximum atomic E-state index is 13.1. The second kappa shape index (κ2) is 9.31. The van der Waals surface area contributed by atoms with E-state index in [9.17, 15) is 17.6 Å². The summed E-state index contributed by atoms with van der Waals surface area (Å²) >= 11 is 0. The number of nitrogens with one attached hydrogen (secondary N) is 1. The molecule has 0 aliphatic heterocycles. The monoisotopic (exact) mass is 440 g/mol. The fourth-order valence-electron chi connectivity index (χ4n) is 3.23. The summed E-state index contributed by atoms with van der Waals surface area (Å²) in [5, 5.41) is 2.88. The van der Waals surface area contributed by atoms with Gasteiger partial charge in [-0.05, 0) is 66.9 Å². The molecule has 5 nitrogen and oxygen atoms in total. The van der Waals surface area contributed by atoms with E-state index >= 15 is 0 Å². The molecular formula is C24H25FN2O3S. The molecule has 3 aromatic rings. The zero-order valence-corrected chi connectivity index (χ0v) is 18.5. The molecule has 0 aliphatic carbocycles. The van der Waals surface area contributed by atoms with Crippen LogP contribution >= 0.6 is 0 Å². The van der Waals surface area contributed by atoms with Crippen LogP contribution in [-0.2, 0) is 16.6 Å². The van der Waals surface area contributed by atoms with Crippen molar-refractivity contribution in [2.24, 2.45) is 0 Å². The number of carbonyl (C=O) groups excluding carboxylic acids is 1. The van der Waals surface area contributed by atoms with Crippen molar-refractivity contribution < 1.29 is 17.6 Å². The highest BCUT2D eigenvalue weighted by Crippen LogP contribution is 2.22. The molecule has 1 N–H and O–H groups in total. The van der Waals surface area contributed by atoms with Gasteiger partial charge in [-0.1, -0.05) is 36.4 Å². The Morgan fingerprint density at radius 2 is 1.68 bits per heavy atom. The van der Waals surface area contributed by atoms with Gasteiger partial charge in [0.2, 0.25) is 10.0 Å². The zero-order valence-electron chi connectivity index (χ0n) is 17.7. The molecule has 1 unspecified atom stereocenters. The average molecular weight is 441 g/mol. The van der Waals surface area contributed by atoms with Gasteiger partial charge in [0.1, 0.15) is 5.82 Å². The number of rotatable bonds is 7. The number of nitrogens with zero attached hydrogens (tertiary/aromatic N) is 1. The fraction of sp³-hybridized carbons (Fsp3) is 0.208. The highest BCUT2D eigenvalue weighted by Gasteiger charge is 2.18. The minimum absolute atomic E-state index is 0.163. The average Bonchev–Trinajstić information content (AvgIpc) is 2.72. The second-order valence-corrected chi connectivity index (χ2v) is 9.46. The SMILES string of the molecule is Cc1cccc(N(Cc2ccc(C(=O)NC(C)c3ccc(F)cc3)cc2)S(C)(=O)=O)c1. The van der Waals surface area contributed by atoms with E-state index in [1.807, 2.05) is 32.0 Å². The third kappa shape index (κ3) is 5.92. The highest BCUT2D eigenvalue weighted by molar-refractivity contribution is 7.92. The van der Waals surface area contributed by atoms with Gasteiger partial charge >= 0.3 is 0 Å². The summed E-state index contributed by atoms with van der Waals surface area (Å²) in [5.41, 5.74) is 3.58.